The molecule has 29 heavy (non-hydrogen) atoms. The highest BCUT2D eigenvalue weighted by atomic mass is 16.5. The summed E-state index contributed by atoms with van der Waals surface area (Å²) < 4.78 is 6.70. The van der Waals surface area contributed by atoms with E-state index in [4.69, 9.17) is 4.74 Å². The summed E-state index contributed by atoms with van der Waals surface area (Å²) in [4.78, 5) is 20.3. The van der Waals surface area contributed by atoms with Gasteiger partial charge in [0.15, 0.2) is 11.6 Å². The molecule has 3 heterocycles. The van der Waals surface area contributed by atoms with E-state index >= 15 is 0 Å². The molecule has 2 aromatic heterocycles. The van der Waals surface area contributed by atoms with Crippen molar-refractivity contribution < 1.29 is 9.53 Å². The number of amides is 1. The van der Waals surface area contributed by atoms with E-state index in [2.05, 4.69) is 25.2 Å². The molecule has 0 spiro atoms. The zero-order chi connectivity index (χ0) is 20.1. The van der Waals surface area contributed by atoms with Gasteiger partial charge in [0, 0.05) is 32.3 Å². The van der Waals surface area contributed by atoms with Crippen LogP contribution in [0.25, 0.3) is 11.9 Å². The number of anilines is 1. The summed E-state index contributed by atoms with van der Waals surface area (Å²) in [6.07, 6.45) is 6.47. The first-order valence-electron chi connectivity index (χ1n) is 9.27. The number of benzene rings is 1. The largest absolute Gasteiger partial charge is 0.497 e. The number of carbonyl (C=O) groups is 1. The number of piperazine rings is 1. The van der Waals surface area contributed by atoms with E-state index in [0.717, 1.165) is 17.1 Å². The zero-order valence-electron chi connectivity index (χ0n) is 16.0. The Bertz CT molecular complexity index is 961. The second-order valence-corrected chi connectivity index (χ2v) is 6.51. The summed E-state index contributed by atoms with van der Waals surface area (Å²) in [5, 5.41) is 12.5. The fourth-order valence-electron chi connectivity index (χ4n) is 3.08. The Labute approximate surface area is 168 Å². The molecule has 148 valence electrons. The molecule has 0 unspecified atom stereocenters. The molecule has 1 aliphatic heterocycles. The minimum absolute atomic E-state index is 0.00748. The number of hydrogen-bond donors (Lipinski definition) is 0. The maximum Gasteiger partial charge on any atom is 0.246 e. The standard InChI is InChI=1S/C20H21N7O2/c1-29-17-5-2-16(3-6-17)4-9-20(28)26-12-10-25(11-13-26)18-7-8-19(24-23-18)27-15-21-14-22-27/h2-9,14-15H,10-13H2,1H3/b9-4+. The number of ether oxygens (including phenoxy) is 1. The fraction of sp³-hybridized carbons (Fsp3) is 0.250. The molecule has 4 rings (SSSR count). The normalized spacial score (nSPS) is 14.4. The summed E-state index contributed by atoms with van der Waals surface area (Å²) in [5.74, 6) is 2.20. The number of aromatic nitrogens is 5. The van der Waals surface area contributed by atoms with Crippen LogP contribution < -0.4 is 9.64 Å². The second kappa shape index (κ2) is 8.51. The second-order valence-electron chi connectivity index (χ2n) is 6.51. The van der Waals surface area contributed by atoms with Gasteiger partial charge in [-0.25, -0.2) is 9.67 Å². The Morgan fingerprint density at radius 1 is 1.00 bits per heavy atom. The molecule has 0 bridgehead atoms. The maximum absolute atomic E-state index is 12.5. The Morgan fingerprint density at radius 2 is 1.72 bits per heavy atom. The van der Waals surface area contributed by atoms with Crippen molar-refractivity contribution in [3.63, 3.8) is 0 Å². The van der Waals surface area contributed by atoms with Crippen LogP contribution in [0.4, 0.5) is 5.82 Å². The monoisotopic (exact) mass is 391 g/mol. The van der Waals surface area contributed by atoms with E-state index in [9.17, 15) is 4.79 Å². The van der Waals surface area contributed by atoms with E-state index < -0.39 is 0 Å². The average Bonchev–Trinajstić information content (AvgIpc) is 3.33. The van der Waals surface area contributed by atoms with Gasteiger partial charge in [-0.1, -0.05) is 12.1 Å². The van der Waals surface area contributed by atoms with Crippen molar-refractivity contribution >= 4 is 17.8 Å². The molecule has 3 aromatic rings. The van der Waals surface area contributed by atoms with Gasteiger partial charge in [-0.05, 0) is 35.9 Å². The third kappa shape index (κ3) is 4.40. The molecule has 9 heteroatoms. The SMILES string of the molecule is COc1ccc(/C=C/C(=O)N2CCN(c3ccc(-n4cncn4)nn3)CC2)cc1. The van der Waals surface area contributed by atoms with Gasteiger partial charge in [-0.2, -0.15) is 5.10 Å². The lowest BCUT2D eigenvalue weighted by molar-refractivity contribution is -0.126. The maximum atomic E-state index is 12.5. The Morgan fingerprint density at radius 3 is 2.34 bits per heavy atom. The predicted octanol–water partition coefficient (Wildman–Crippen LogP) is 1.43. The zero-order valence-corrected chi connectivity index (χ0v) is 16.0. The highest BCUT2D eigenvalue weighted by Gasteiger charge is 2.20. The molecule has 0 N–H and O–H groups in total. The van der Waals surface area contributed by atoms with E-state index in [1.165, 1.54) is 6.33 Å². The van der Waals surface area contributed by atoms with Crippen LogP contribution in [0.1, 0.15) is 5.56 Å². The van der Waals surface area contributed by atoms with Crippen LogP contribution in [0.2, 0.25) is 0 Å². The Hall–Kier alpha value is -3.75. The molecule has 1 aromatic carbocycles. The number of methoxy groups -OCH3 is 1. The molecule has 1 fully saturated rings. The van der Waals surface area contributed by atoms with E-state index in [0.29, 0.717) is 32.0 Å². The van der Waals surface area contributed by atoms with E-state index in [1.54, 1.807) is 24.2 Å². The molecule has 0 atom stereocenters. The van der Waals surface area contributed by atoms with Crippen LogP contribution in [0, 0.1) is 0 Å². The van der Waals surface area contributed by atoms with Crippen molar-refractivity contribution in [1.82, 2.24) is 29.9 Å². The van der Waals surface area contributed by atoms with Crippen LogP contribution in [0.3, 0.4) is 0 Å². The Kier molecular flexibility index (Phi) is 5.46. The van der Waals surface area contributed by atoms with Gasteiger partial charge in [-0.3, -0.25) is 4.79 Å². The van der Waals surface area contributed by atoms with Crippen molar-refractivity contribution in [3.05, 3.63) is 60.7 Å². The first kappa shape index (κ1) is 18.6. The minimum Gasteiger partial charge on any atom is -0.497 e. The average molecular weight is 391 g/mol. The third-order valence-corrected chi connectivity index (χ3v) is 4.74. The van der Waals surface area contributed by atoms with Gasteiger partial charge in [0.05, 0.1) is 7.11 Å². The molecule has 9 nitrogen and oxygen atoms in total. The topological polar surface area (TPSA) is 89.3 Å². The molecule has 1 amide bonds. The van der Waals surface area contributed by atoms with Crippen LogP contribution in [0.15, 0.2) is 55.1 Å². The van der Waals surface area contributed by atoms with Gasteiger partial charge >= 0.3 is 0 Å². The number of rotatable bonds is 5. The summed E-state index contributed by atoms with van der Waals surface area (Å²) in [7, 11) is 1.63. The van der Waals surface area contributed by atoms with Crippen molar-refractivity contribution in [3.8, 4) is 11.6 Å². The van der Waals surface area contributed by atoms with Crippen molar-refractivity contribution in [2.75, 3.05) is 38.2 Å². The van der Waals surface area contributed by atoms with Crippen molar-refractivity contribution in [1.29, 1.82) is 0 Å². The first-order chi connectivity index (χ1) is 14.2. The molecule has 1 saturated heterocycles. The number of nitrogens with zero attached hydrogens (tertiary/aromatic N) is 7. The molecular weight excluding hydrogens is 370 g/mol. The fourth-order valence-corrected chi connectivity index (χ4v) is 3.08. The van der Waals surface area contributed by atoms with Crippen LogP contribution >= 0.6 is 0 Å². The summed E-state index contributed by atoms with van der Waals surface area (Å²) in [6.45, 7) is 2.69. The van der Waals surface area contributed by atoms with Crippen LogP contribution in [-0.2, 0) is 4.79 Å². The van der Waals surface area contributed by atoms with Crippen molar-refractivity contribution in [2.24, 2.45) is 0 Å². The van der Waals surface area contributed by atoms with Gasteiger partial charge in [0.25, 0.3) is 0 Å². The highest BCUT2D eigenvalue weighted by Crippen LogP contribution is 2.15. The minimum atomic E-state index is 0.00748. The summed E-state index contributed by atoms with van der Waals surface area (Å²) in [6, 6.07) is 11.3. The van der Waals surface area contributed by atoms with Gasteiger partial charge < -0.3 is 14.5 Å². The first-order valence-corrected chi connectivity index (χ1v) is 9.27. The smallest absolute Gasteiger partial charge is 0.246 e. The predicted molar refractivity (Wildman–Crippen MR) is 108 cm³/mol. The van der Waals surface area contributed by atoms with E-state index in [1.807, 2.05) is 47.4 Å². The van der Waals surface area contributed by atoms with Crippen LogP contribution in [0.5, 0.6) is 5.75 Å². The summed E-state index contributed by atoms with van der Waals surface area (Å²) >= 11 is 0. The van der Waals surface area contributed by atoms with Gasteiger partial charge in [-0.15, -0.1) is 10.2 Å². The van der Waals surface area contributed by atoms with Crippen LogP contribution in [-0.4, -0.2) is 69.1 Å². The molecule has 0 aliphatic carbocycles. The highest BCUT2D eigenvalue weighted by molar-refractivity contribution is 5.92. The Balaban J connectivity index is 1.31. The molecule has 1 aliphatic rings. The lowest BCUT2D eigenvalue weighted by atomic mass is 10.2. The van der Waals surface area contributed by atoms with Gasteiger partial charge in [0.1, 0.15) is 18.4 Å². The lowest BCUT2D eigenvalue weighted by Crippen LogP contribution is -2.48. The van der Waals surface area contributed by atoms with Crippen molar-refractivity contribution in [2.45, 2.75) is 0 Å². The van der Waals surface area contributed by atoms with E-state index in [-0.39, 0.29) is 5.91 Å². The molecule has 0 saturated carbocycles. The number of hydrogen-bond acceptors (Lipinski definition) is 7. The summed E-state index contributed by atoms with van der Waals surface area (Å²) in [5.41, 5.74) is 0.959. The number of carbonyl (C=O) groups excluding carboxylic acids is 1. The lowest BCUT2D eigenvalue weighted by Gasteiger charge is -2.34. The van der Waals surface area contributed by atoms with Gasteiger partial charge in [0.2, 0.25) is 5.91 Å². The molecule has 0 radical (unpaired) electrons. The quantitative estimate of drug-likeness (QED) is 0.608. The third-order valence-electron chi connectivity index (χ3n) is 4.74. The molecular formula is C20H21N7O2.